The van der Waals surface area contributed by atoms with Gasteiger partial charge >= 0.3 is 0 Å². The number of thioether (sulfide) groups is 1. The second kappa shape index (κ2) is 7.31. The normalized spacial score (nSPS) is 10.5. The molecule has 0 aliphatic heterocycles. The van der Waals surface area contributed by atoms with Crippen LogP contribution in [0.3, 0.4) is 0 Å². The molecule has 1 aromatic carbocycles. The number of amides is 1. The zero-order valence-electron chi connectivity index (χ0n) is 10.9. The van der Waals surface area contributed by atoms with Crippen molar-refractivity contribution >= 4 is 35.0 Å². The number of nitrogens with one attached hydrogen (secondary N) is 1. The SMILES string of the molecule is CCCc1nnc(SCC(=O)Nc2cccc(Cl)c2)o1. The van der Waals surface area contributed by atoms with Crippen LogP contribution in [0.15, 0.2) is 33.9 Å². The summed E-state index contributed by atoms with van der Waals surface area (Å²) in [6, 6.07) is 7.00. The zero-order chi connectivity index (χ0) is 14.4. The Morgan fingerprint density at radius 1 is 1.45 bits per heavy atom. The molecule has 1 N–H and O–H groups in total. The Bertz CT molecular complexity index is 589. The molecule has 106 valence electrons. The molecule has 0 atom stereocenters. The van der Waals surface area contributed by atoms with Gasteiger partial charge in [-0.3, -0.25) is 4.79 Å². The standard InChI is InChI=1S/C13H14ClN3O2S/c1-2-4-12-16-17-13(19-12)20-8-11(18)15-10-6-3-5-9(14)7-10/h3,5-7H,2,4,8H2,1H3,(H,15,18). The van der Waals surface area contributed by atoms with Gasteiger partial charge in [-0.15, -0.1) is 10.2 Å². The molecule has 5 nitrogen and oxygen atoms in total. The number of rotatable bonds is 6. The summed E-state index contributed by atoms with van der Waals surface area (Å²) >= 11 is 7.06. The molecule has 0 fully saturated rings. The number of carbonyl (C=O) groups is 1. The van der Waals surface area contributed by atoms with Gasteiger partial charge in [0.05, 0.1) is 5.75 Å². The van der Waals surface area contributed by atoms with Crippen LogP contribution in [0, 0.1) is 0 Å². The Morgan fingerprint density at radius 3 is 3.05 bits per heavy atom. The number of hydrogen-bond donors (Lipinski definition) is 1. The maximum Gasteiger partial charge on any atom is 0.277 e. The van der Waals surface area contributed by atoms with E-state index in [-0.39, 0.29) is 11.7 Å². The number of benzene rings is 1. The van der Waals surface area contributed by atoms with Crippen LogP contribution in [0.1, 0.15) is 19.2 Å². The Hall–Kier alpha value is -1.53. The molecule has 1 heterocycles. The number of anilines is 1. The topological polar surface area (TPSA) is 68.0 Å². The number of aromatic nitrogens is 2. The first-order chi connectivity index (χ1) is 9.67. The Kier molecular flexibility index (Phi) is 5.43. The molecular weight excluding hydrogens is 298 g/mol. The third-order valence-electron chi connectivity index (χ3n) is 2.35. The minimum atomic E-state index is -0.146. The van der Waals surface area contributed by atoms with Gasteiger partial charge in [0.2, 0.25) is 11.8 Å². The van der Waals surface area contributed by atoms with Crippen LogP contribution < -0.4 is 5.32 Å². The van der Waals surface area contributed by atoms with Gasteiger partial charge in [0.1, 0.15) is 0 Å². The molecule has 0 bridgehead atoms. The second-order valence-electron chi connectivity index (χ2n) is 4.06. The third-order valence-corrected chi connectivity index (χ3v) is 3.40. The summed E-state index contributed by atoms with van der Waals surface area (Å²) < 4.78 is 5.38. The third kappa shape index (κ3) is 4.54. The maximum absolute atomic E-state index is 11.8. The van der Waals surface area contributed by atoms with Crippen LogP contribution in [0.2, 0.25) is 5.02 Å². The van der Waals surface area contributed by atoms with Crippen molar-refractivity contribution in [1.29, 1.82) is 0 Å². The summed E-state index contributed by atoms with van der Waals surface area (Å²) in [4.78, 5) is 11.8. The molecule has 7 heteroatoms. The number of carbonyl (C=O) groups excluding carboxylic acids is 1. The lowest BCUT2D eigenvalue weighted by molar-refractivity contribution is -0.113. The molecule has 0 aliphatic rings. The first-order valence-corrected chi connectivity index (χ1v) is 7.54. The maximum atomic E-state index is 11.8. The molecule has 0 unspecified atom stereocenters. The molecule has 0 radical (unpaired) electrons. The number of nitrogens with zero attached hydrogens (tertiary/aromatic N) is 2. The van der Waals surface area contributed by atoms with Crippen molar-refractivity contribution in [3.63, 3.8) is 0 Å². The summed E-state index contributed by atoms with van der Waals surface area (Å²) in [7, 11) is 0. The highest BCUT2D eigenvalue weighted by molar-refractivity contribution is 7.99. The monoisotopic (exact) mass is 311 g/mol. The summed E-state index contributed by atoms with van der Waals surface area (Å²) in [5, 5.41) is 11.5. The van der Waals surface area contributed by atoms with Crippen molar-refractivity contribution in [2.75, 3.05) is 11.1 Å². The van der Waals surface area contributed by atoms with Gasteiger partial charge < -0.3 is 9.73 Å². The van der Waals surface area contributed by atoms with Gasteiger partial charge in [0, 0.05) is 17.1 Å². The average molecular weight is 312 g/mol. The Morgan fingerprint density at radius 2 is 2.30 bits per heavy atom. The van der Waals surface area contributed by atoms with E-state index < -0.39 is 0 Å². The largest absolute Gasteiger partial charge is 0.416 e. The predicted octanol–water partition coefficient (Wildman–Crippen LogP) is 3.41. The summed E-state index contributed by atoms with van der Waals surface area (Å²) in [6.07, 6.45) is 1.70. The molecule has 2 rings (SSSR count). The minimum Gasteiger partial charge on any atom is -0.416 e. The van der Waals surface area contributed by atoms with Gasteiger partial charge in [-0.2, -0.15) is 0 Å². The fourth-order valence-electron chi connectivity index (χ4n) is 1.50. The van der Waals surface area contributed by atoms with E-state index in [0.717, 1.165) is 12.8 Å². The van der Waals surface area contributed by atoms with Crippen molar-refractivity contribution in [3.8, 4) is 0 Å². The minimum absolute atomic E-state index is 0.146. The van der Waals surface area contributed by atoms with E-state index in [9.17, 15) is 4.79 Å². The van der Waals surface area contributed by atoms with E-state index in [1.54, 1.807) is 24.3 Å². The van der Waals surface area contributed by atoms with Crippen LogP contribution in [0.25, 0.3) is 0 Å². The van der Waals surface area contributed by atoms with E-state index in [1.165, 1.54) is 11.8 Å². The first-order valence-electron chi connectivity index (χ1n) is 6.18. The first kappa shape index (κ1) is 14.9. The van der Waals surface area contributed by atoms with E-state index >= 15 is 0 Å². The van der Waals surface area contributed by atoms with Gasteiger partial charge in [-0.25, -0.2) is 0 Å². The lowest BCUT2D eigenvalue weighted by Crippen LogP contribution is -2.13. The molecule has 0 saturated heterocycles. The van der Waals surface area contributed by atoms with Crippen LogP contribution in [0.5, 0.6) is 0 Å². The van der Waals surface area contributed by atoms with Gasteiger partial charge in [0.15, 0.2) is 0 Å². The van der Waals surface area contributed by atoms with Crippen LogP contribution >= 0.6 is 23.4 Å². The fourth-order valence-corrected chi connectivity index (χ4v) is 2.27. The Balaban J connectivity index is 1.82. The summed E-state index contributed by atoms with van der Waals surface area (Å²) in [6.45, 7) is 2.04. The van der Waals surface area contributed by atoms with Gasteiger partial charge in [-0.05, 0) is 24.6 Å². The molecule has 2 aromatic rings. The van der Waals surface area contributed by atoms with Crippen molar-refractivity contribution in [1.82, 2.24) is 10.2 Å². The number of hydrogen-bond acceptors (Lipinski definition) is 5. The summed E-state index contributed by atoms with van der Waals surface area (Å²) in [5.41, 5.74) is 0.667. The molecule has 1 aromatic heterocycles. The molecular formula is C13H14ClN3O2S. The lowest BCUT2D eigenvalue weighted by atomic mass is 10.3. The fraction of sp³-hybridized carbons (Fsp3) is 0.308. The average Bonchev–Trinajstić information content (AvgIpc) is 2.85. The number of aryl methyl sites for hydroxylation is 1. The molecule has 0 spiro atoms. The van der Waals surface area contributed by atoms with E-state index in [2.05, 4.69) is 15.5 Å². The quantitative estimate of drug-likeness (QED) is 0.828. The van der Waals surface area contributed by atoms with Crippen molar-refractivity contribution < 1.29 is 9.21 Å². The highest BCUT2D eigenvalue weighted by atomic mass is 35.5. The van der Waals surface area contributed by atoms with Crippen LogP contribution in [0.4, 0.5) is 5.69 Å². The Labute approximate surface area is 126 Å². The van der Waals surface area contributed by atoms with Crippen molar-refractivity contribution in [2.45, 2.75) is 25.0 Å². The highest BCUT2D eigenvalue weighted by Gasteiger charge is 2.09. The van der Waals surface area contributed by atoms with E-state index in [0.29, 0.717) is 21.8 Å². The number of halogens is 1. The summed E-state index contributed by atoms with van der Waals surface area (Å²) in [5.74, 6) is 0.665. The predicted molar refractivity (Wildman–Crippen MR) is 79.1 cm³/mol. The highest BCUT2D eigenvalue weighted by Crippen LogP contribution is 2.18. The molecule has 20 heavy (non-hydrogen) atoms. The molecule has 0 saturated carbocycles. The van der Waals surface area contributed by atoms with Crippen molar-refractivity contribution in [2.24, 2.45) is 0 Å². The van der Waals surface area contributed by atoms with Gasteiger partial charge in [0.25, 0.3) is 5.22 Å². The smallest absolute Gasteiger partial charge is 0.277 e. The second-order valence-corrected chi connectivity index (χ2v) is 5.42. The van der Waals surface area contributed by atoms with Crippen LogP contribution in [-0.2, 0) is 11.2 Å². The zero-order valence-corrected chi connectivity index (χ0v) is 12.5. The van der Waals surface area contributed by atoms with Crippen molar-refractivity contribution in [3.05, 3.63) is 35.2 Å². The van der Waals surface area contributed by atoms with Crippen LogP contribution in [-0.4, -0.2) is 21.9 Å². The lowest BCUT2D eigenvalue weighted by Gasteiger charge is -2.03. The van der Waals surface area contributed by atoms with E-state index in [1.807, 2.05) is 6.92 Å². The molecule has 0 aliphatic carbocycles. The van der Waals surface area contributed by atoms with E-state index in [4.69, 9.17) is 16.0 Å². The van der Waals surface area contributed by atoms with Gasteiger partial charge in [-0.1, -0.05) is 36.4 Å². The molecule has 1 amide bonds.